The van der Waals surface area contributed by atoms with Gasteiger partial charge in [-0.15, -0.1) is 0 Å². The van der Waals surface area contributed by atoms with Gasteiger partial charge in [0.05, 0.1) is 24.7 Å². The monoisotopic (exact) mass is 181 g/mol. The van der Waals surface area contributed by atoms with Crippen molar-refractivity contribution in [3.8, 4) is 0 Å². The van der Waals surface area contributed by atoms with Crippen molar-refractivity contribution in [3.63, 3.8) is 0 Å². The molecule has 0 bridgehead atoms. The SMILES string of the molecule is COC(C1CC1)C(N)c1ccoc1. The van der Waals surface area contributed by atoms with E-state index in [2.05, 4.69) is 0 Å². The highest BCUT2D eigenvalue weighted by molar-refractivity contribution is 5.14. The van der Waals surface area contributed by atoms with Gasteiger partial charge in [0.15, 0.2) is 0 Å². The minimum atomic E-state index is -0.0451. The third-order valence-electron chi connectivity index (χ3n) is 2.64. The zero-order valence-electron chi connectivity index (χ0n) is 7.77. The molecule has 1 aliphatic rings. The van der Waals surface area contributed by atoms with Crippen LogP contribution in [0.15, 0.2) is 23.0 Å². The van der Waals surface area contributed by atoms with Gasteiger partial charge in [-0.2, -0.15) is 0 Å². The van der Waals surface area contributed by atoms with E-state index in [1.165, 1.54) is 12.8 Å². The van der Waals surface area contributed by atoms with Crippen LogP contribution in [-0.2, 0) is 4.74 Å². The van der Waals surface area contributed by atoms with Crippen molar-refractivity contribution in [3.05, 3.63) is 24.2 Å². The third kappa shape index (κ3) is 1.76. The summed E-state index contributed by atoms with van der Waals surface area (Å²) in [4.78, 5) is 0. The van der Waals surface area contributed by atoms with E-state index in [1.807, 2.05) is 6.07 Å². The molecule has 2 unspecified atom stereocenters. The van der Waals surface area contributed by atoms with Gasteiger partial charge < -0.3 is 14.9 Å². The molecule has 3 nitrogen and oxygen atoms in total. The van der Waals surface area contributed by atoms with Crippen LogP contribution in [-0.4, -0.2) is 13.2 Å². The zero-order chi connectivity index (χ0) is 9.26. The summed E-state index contributed by atoms with van der Waals surface area (Å²) < 4.78 is 10.4. The molecule has 2 rings (SSSR count). The second-order valence-electron chi connectivity index (χ2n) is 3.62. The van der Waals surface area contributed by atoms with Gasteiger partial charge in [0.25, 0.3) is 0 Å². The van der Waals surface area contributed by atoms with Crippen LogP contribution in [0, 0.1) is 5.92 Å². The van der Waals surface area contributed by atoms with Crippen molar-refractivity contribution in [2.24, 2.45) is 11.7 Å². The topological polar surface area (TPSA) is 48.4 Å². The van der Waals surface area contributed by atoms with Crippen LogP contribution in [0.5, 0.6) is 0 Å². The van der Waals surface area contributed by atoms with Gasteiger partial charge in [0, 0.05) is 12.7 Å². The molecule has 72 valence electrons. The Kier molecular flexibility index (Phi) is 2.38. The van der Waals surface area contributed by atoms with Crippen LogP contribution in [0.25, 0.3) is 0 Å². The maximum atomic E-state index is 6.05. The molecule has 1 saturated carbocycles. The van der Waals surface area contributed by atoms with Gasteiger partial charge in [0.2, 0.25) is 0 Å². The van der Waals surface area contributed by atoms with E-state index in [9.17, 15) is 0 Å². The van der Waals surface area contributed by atoms with Crippen LogP contribution < -0.4 is 5.73 Å². The Morgan fingerprint density at radius 3 is 2.85 bits per heavy atom. The zero-order valence-corrected chi connectivity index (χ0v) is 7.77. The fraction of sp³-hybridized carbons (Fsp3) is 0.600. The van der Waals surface area contributed by atoms with Crippen molar-refractivity contribution in [1.29, 1.82) is 0 Å². The Morgan fingerprint density at radius 2 is 2.38 bits per heavy atom. The maximum absolute atomic E-state index is 6.05. The summed E-state index contributed by atoms with van der Waals surface area (Å²) in [5.74, 6) is 0.648. The third-order valence-corrected chi connectivity index (χ3v) is 2.64. The molecule has 0 spiro atoms. The van der Waals surface area contributed by atoms with Crippen LogP contribution in [0.3, 0.4) is 0 Å². The number of hydrogen-bond donors (Lipinski definition) is 1. The highest BCUT2D eigenvalue weighted by Gasteiger charge is 2.36. The smallest absolute Gasteiger partial charge is 0.0951 e. The van der Waals surface area contributed by atoms with Gasteiger partial charge >= 0.3 is 0 Å². The molecular formula is C10H15NO2. The molecule has 0 saturated heterocycles. The number of ether oxygens (including phenoxy) is 1. The van der Waals surface area contributed by atoms with E-state index < -0.39 is 0 Å². The van der Waals surface area contributed by atoms with Crippen LogP contribution in [0.1, 0.15) is 24.4 Å². The molecule has 0 amide bonds. The lowest BCUT2D eigenvalue weighted by Gasteiger charge is -2.20. The lowest BCUT2D eigenvalue weighted by molar-refractivity contribution is 0.0622. The molecule has 1 aliphatic carbocycles. The molecule has 0 radical (unpaired) electrons. The number of furan rings is 1. The second-order valence-corrected chi connectivity index (χ2v) is 3.62. The highest BCUT2D eigenvalue weighted by Crippen LogP contribution is 2.38. The van der Waals surface area contributed by atoms with Crippen molar-refractivity contribution in [2.75, 3.05) is 7.11 Å². The summed E-state index contributed by atoms with van der Waals surface area (Å²) in [5.41, 5.74) is 7.08. The standard InChI is InChI=1S/C10H15NO2/c1-12-10(7-2-3-7)9(11)8-4-5-13-6-8/h4-7,9-10H,2-3,11H2,1H3. The van der Waals surface area contributed by atoms with Crippen molar-refractivity contribution in [1.82, 2.24) is 0 Å². The first-order valence-corrected chi connectivity index (χ1v) is 4.63. The summed E-state index contributed by atoms with van der Waals surface area (Å²) in [6, 6.07) is 1.86. The number of rotatable bonds is 4. The molecule has 1 aromatic rings. The minimum Gasteiger partial charge on any atom is -0.472 e. The molecule has 0 aliphatic heterocycles. The average Bonchev–Trinajstić information content (AvgIpc) is 2.83. The Morgan fingerprint density at radius 1 is 1.62 bits per heavy atom. The Labute approximate surface area is 77.9 Å². The highest BCUT2D eigenvalue weighted by atomic mass is 16.5. The lowest BCUT2D eigenvalue weighted by atomic mass is 10.0. The number of nitrogens with two attached hydrogens (primary N) is 1. The molecule has 0 aromatic carbocycles. The van der Waals surface area contributed by atoms with Crippen molar-refractivity contribution in [2.45, 2.75) is 25.0 Å². The summed E-state index contributed by atoms with van der Waals surface area (Å²) in [7, 11) is 1.73. The summed E-state index contributed by atoms with van der Waals surface area (Å²) in [6.07, 6.45) is 5.97. The van der Waals surface area contributed by atoms with E-state index in [0.29, 0.717) is 5.92 Å². The molecular weight excluding hydrogens is 166 g/mol. The van der Waals surface area contributed by atoms with Gasteiger partial charge in [-0.3, -0.25) is 0 Å². The average molecular weight is 181 g/mol. The van der Waals surface area contributed by atoms with Gasteiger partial charge in [-0.05, 0) is 24.8 Å². The van der Waals surface area contributed by atoms with Crippen LogP contribution in [0.4, 0.5) is 0 Å². The maximum Gasteiger partial charge on any atom is 0.0951 e. The first kappa shape index (κ1) is 8.78. The van der Waals surface area contributed by atoms with E-state index in [4.69, 9.17) is 14.9 Å². The van der Waals surface area contributed by atoms with Gasteiger partial charge in [-0.25, -0.2) is 0 Å². The fourth-order valence-corrected chi connectivity index (χ4v) is 1.71. The predicted octanol–water partition coefficient (Wildman–Crippen LogP) is 1.70. The molecule has 1 heterocycles. The summed E-state index contributed by atoms with van der Waals surface area (Å²) in [5, 5.41) is 0. The minimum absolute atomic E-state index is 0.0451. The molecule has 1 fully saturated rings. The molecule has 3 heteroatoms. The fourth-order valence-electron chi connectivity index (χ4n) is 1.71. The van der Waals surface area contributed by atoms with E-state index in [1.54, 1.807) is 19.6 Å². The van der Waals surface area contributed by atoms with Gasteiger partial charge in [-0.1, -0.05) is 0 Å². The van der Waals surface area contributed by atoms with Crippen LogP contribution >= 0.6 is 0 Å². The lowest BCUT2D eigenvalue weighted by Crippen LogP contribution is -2.29. The first-order chi connectivity index (χ1) is 6.33. The quantitative estimate of drug-likeness (QED) is 0.769. The summed E-state index contributed by atoms with van der Waals surface area (Å²) >= 11 is 0. The molecule has 2 N–H and O–H groups in total. The van der Waals surface area contributed by atoms with Gasteiger partial charge in [0.1, 0.15) is 0 Å². The Hall–Kier alpha value is -0.800. The first-order valence-electron chi connectivity index (χ1n) is 4.63. The molecule has 1 aromatic heterocycles. The van der Waals surface area contributed by atoms with E-state index in [0.717, 1.165) is 5.56 Å². The van der Waals surface area contributed by atoms with E-state index in [-0.39, 0.29) is 12.1 Å². The molecule has 13 heavy (non-hydrogen) atoms. The summed E-state index contributed by atoms with van der Waals surface area (Å²) in [6.45, 7) is 0. The van der Waals surface area contributed by atoms with Crippen LogP contribution in [0.2, 0.25) is 0 Å². The largest absolute Gasteiger partial charge is 0.472 e. The van der Waals surface area contributed by atoms with Crippen molar-refractivity contribution < 1.29 is 9.15 Å². The Balaban J connectivity index is 2.05. The predicted molar refractivity (Wildman–Crippen MR) is 49.2 cm³/mol. The second kappa shape index (κ2) is 3.52. The number of methoxy groups -OCH3 is 1. The molecule has 2 atom stereocenters. The van der Waals surface area contributed by atoms with Crippen molar-refractivity contribution >= 4 is 0 Å². The normalized spacial score (nSPS) is 21.4. The Bertz CT molecular complexity index is 254. The number of hydrogen-bond acceptors (Lipinski definition) is 3. The van der Waals surface area contributed by atoms with E-state index >= 15 is 0 Å².